The summed E-state index contributed by atoms with van der Waals surface area (Å²) >= 11 is 0. The van der Waals surface area contributed by atoms with Crippen molar-refractivity contribution in [1.82, 2.24) is 9.88 Å². The number of aromatic nitrogens is 1. The molecule has 5 nitrogen and oxygen atoms in total. The second kappa shape index (κ2) is 7.66. The predicted octanol–water partition coefficient (Wildman–Crippen LogP) is 2.61. The normalized spacial score (nSPS) is 10.7. The molecule has 5 heteroatoms. The number of aromatic amines is 1. The van der Waals surface area contributed by atoms with E-state index < -0.39 is 5.91 Å². The number of H-pyrrole nitrogens is 1. The topological polar surface area (TPSA) is 79.2 Å². The summed E-state index contributed by atoms with van der Waals surface area (Å²) in [5.41, 5.74) is 8.26. The van der Waals surface area contributed by atoms with Crippen LogP contribution in [0.25, 0.3) is 10.9 Å². The highest BCUT2D eigenvalue weighted by Crippen LogP contribution is 2.19. The summed E-state index contributed by atoms with van der Waals surface area (Å²) in [5.74, 6) is -0.423. The molecule has 3 N–H and O–H groups in total. The van der Waals surface area contributed by atoms with E-state index in [0.29, 0.717) is 13.1 Å². The molecule has 0 spiro atoms. The summed E-state index contributed by atoms with van der Waals surface area (Å²) in [6, 6.07) is 17.6. The van der Waals surface area contributed by atoms with Gasteiger partial charge in [0.15, 0.2) is 0 Å². The van der Waals surface area contributed by atoms with Crippen molar-refractivity contribution in [3.8, 4) is 0 Å². The summed E-state index contributed by atoms with van der Waals surface area (Å²) < 4.78 is 0. The van der Waals surface area contributed by atoms with Crippen molar-refractivity contribution < 1.29 is 9.59 Å². The number of rotatable bonds is 7. The monoisotopic (exact) mass is 335 g/mol. The fourth-order valence-electron chi connectivity index (χ4n) is 2.89. The fraction of sp³-hybridized carbons (Fsp3) is 0.200. The maximum atomic E-state index is 12.8. The number of hydrogen-bond donors (Lipinski definition) is 2. The van der Waals surface area contributed by atoms with Gasteiger partial charge in [0.1, 0.15) is 0 Å². The average molecular weight is 335 g/mol. The number of fused-ring (bicyclic) bond motifs is 1. The molecule has 0 aliphatic carbocycles. The summed E-state index contributed by atoms with van der Waals surface area (Å²) in [7, 11) is 0. The number of nitrogens with one attached hydrogen (secondary N) is 1. The highest BCUT2D eigenvalue weighted by Gasteiger charge is 2.17. The van der Waals surface area contributed by atoms with E-state index in [1.165, 1.54) is 0 Å². The van der Waals surface area contributed by atoms with Gasteiger partial charge in [0, 0.05) is 36.6 Å². The zero-order valence-electron chi connectivity index (χ0n) is 13.9. The molecule has 3 rings (SSSR count). The largest absolute Gasteiger partial charge is 0.370 e. The maximum Gasteiger partial charge on any atom is 0.227 e. The molecule has 0 aliphatic rings. The first-order valence-corrected chi connectivity index (χ1v) is 8.28. The molecule has 0 aliphatic heterocycles. The zero-order chi connectivity index (χ0) is 17.6. The van der Waals surface area contributed by atoms with Gasteiger partial charge in [-0.25, -0.2) is 0 Å². The lowest BCUT2D eigenvalue weighted by molar-refractivity contribution is -0.131. The molecule has 0 saturated heterocycles. The van der Waals surface area contributed by atoms with Gasteiger partial charge in [-0.2, -0.15) is 0 Å². The van der Waals surface area contributed by atoms with Gasteiger partial charge >= 0.3 is 0 Å². The molecule has 128 valence electrons. The molecule has 3 aromatic rings. The van der Waals surface area contributed by atoms with E-state index in [2.05, 4.69) is 4.98 Å². The predicted molar refractivity (Wildman–Crippen MR) is 97.7 cm³/mol. The van der Waals surface area contributed by atoms with Crippen LogP contribution in [0.1, 0.15) is 17.5 Å². The standard InChI is InChI=1S/C20H21N3O2/c21-19(24)10-11-23(14-15-6-2-1-3-7-15)20(25)12-16-13-22-18-9-5-4-8-17(16)18/h1-9,13,22H,10-12,14H2,(H2,21,24). The molecule has 0 radical (unpaired) electrons. The summed E-state index contributed by atoms with van der Waals surface area (Å²) in [5, 5.41) is 1.05. The number of para-hydroxylation sites is 1. The third kappa shape index (κ3) is 4.26. The summed E-state index contributed by atoms with van der Waals surface area (Å²) in [6.45, 7) is 0.792. The molecular formula is C20H21N3O2. The van der Waals surface area contributed by atoms with Gasteiger partial charge in [0.25, 0.3) is 0 Å². The summed E-state index contributed by atoms with van der Waals surface area (Å²) in [6.07, 6.45) is 2.32. The van der Waals surface area contributed by atoms with E-state index in [1.807, 2.05) is 60.8 Å². The molecule has 0 unspecified atom stereocenters. The van der Waals surface area contributed by atoms with Crippen molar-refractivity contribution in [2.24, 2.45) is 5.73 Å². The van der Waals surface area contributed by atoms with E-state index in [0.717, 1.165) is 22.0 Å². The van der Waals surface area contributed by atoms with Gasteiger partial charge < -0.3 is 15.6 Å². The van der Waals surface area contributed by atoms with E-state index in [9.17, 15) is 9.59 Å². The second-order valence-corrected chi connectivity index (χ2v) is 6.05. The highest BCUT2D eigenvalue weighted by atomic mass is 16.2. The number of carbonyl (C=O) groups is 2. The van der Waals surface area contributed by atoms with Gasteiger partial charge in [0.2, 0.25) is 11.8 Å². The van der Waals surface area contributed by atoms with Gasteiger partial charge in [0.05, 0.1) is 6.42 Å². The first-order chi connectivity index (χ1) is 12.1. The summed E-state index contributed by atoms with van der Waals surface area (Å²) in [4.78, 5) is 28.9. The first-order valence-electron chi connectivity index (χ1n) is 8.28. The number of carbonyl (C=O) groups excluding carboxylic acids is 2. The Bertz CT molecular complexity index is 871. The van der Waals surface area contributed by atoms with Crippen molar-refractivity contribution in [1.29, 1.82) is 0 Å². The Kier molecular flexibility index (Phi) is 5.14. The Balaban J connectivity index is 1.76. The van der Waals surface area contributed by atoms with Gasteiger partial charge in [-0.3, -0.25) is 9.59 Å². The quantitative estimate of drug-likeness (QED) is 0.696. The van der Waals surface area contributed by atoms with Crippen LogP contribution in [0.2, 0.25) is 0 Å². The van der Waals surface area contributed by atoms with Crippen LogP contribution >= 0.6 is 0 Å². The van der Waals surface area contributed by atoms with Crippen molar-refractivity contribution in [2.75, 3.05) is 6.54 Å². The Morgan fingerprint density at radius 2 is 1.72 bits per heavy atom. The van der Waals surface area contributed by atoms with Crippen LogP contribution < -0.4 is 5.73 Å². The van der Waals surface area contributed by atoms with Crippen molar-refractivity contribution in [2.45, 2.75) is 19.4 Å². The van der Waals surface area contributed by atoms with Crippen LogP contribution in [0, 0.1) is 0 Å². The molecule has 1 aromatic heterocycles. The molecular weight excluding hydrogens is 314 g/mol. The van der Waals surface area contributed by atoms with E-state index in [4.69, 9.17) is 5.73 Å². The number of nitrogens with two attached hydrogens (primary N) is 1. The van der Waals surface area contributed by atoms with Crippen molar-refractivity contribution >= 4 is 22.7 Å². The fourth-order valence-corrected chi connectivity index (χ4v) is 2.89. The Morgan fingerprint density at radius 3 is 2.48 bits per heavy atom. The van der Waals surface area contributed by atoms with Gasteiger partial charge in [-0.15, -0.1) is 0 Å². The van der Waals surface area contributed by atoms with Crippen molar-refractivity contribution in [3.63, 3.8) is 0 Å². The maximum absolute atomic E-state index is 12.8. The molecule has 2 amide bonds. The lowest BCUT2D eigenvalue weighted by atomic mass is 10.1. The SMILES string of the molecule is NC(=O)CCN(Cc1ccccc1)C(=O)Cc1c[nH]c2ccccc12. The zero-order valence-corrected chi connectivity index (χ0v) is 13.9. The molecule has 2 aromatic carbocycles. The Morgan fingerprint density at radius 1 is 1.00 bits per heavy atom. The Labute approximate surface area is 146 Å². The van der Waals surface area contributed by atoms with Crippen LogP contribution in [0.4, 0.5) is 0 Å². The lowest BCUT2D eigenvalue weighted by Gasteiger charge is -2.22. The lowest BCUT2D eigenvalue weighted by Crippen LogP contribution is -2.34. The highest BCUT2D eigenvalue weighted by molar-refractivity contribution is 5.89. The molecule has 0 saturated carbocycles. The van der Waals surface area contributed by atoms with Crippen LogP contribution in [0.5, 0.6) is 0 Å². The Hall–Kier alpha value is -3.08. The number of amides is 2. The second-order valence-electron chi connectivity index (χ2n) is 6.05. The van der Waals surface area contributed by atoms with E-state index >= 15 is 0 Å². The van der Waals surface area contributed by atoms with Crippen molar-refractivity contribution in [3.05, 3.63) is 71.9 Å². The molecule has 0 atom stereocenters. The van der Waals surface area contributed by atoms with Crippen LogP contribution in [0.15, 0.2) is 60.8 Å². The smallest absolute Gasteiger partial charge is 0.227 e. The van der Waals surface area contributed by atoms with Crippen LogP contribution in [-0.2, 0) is 22.6 Å². The molecule has 0 fully saturated rings. The number of primary amides is 1. The van der Waals surface area contributed by atoms with Gasteiger partial charge in [-0.1, -0.05) is 48.5 Å². The molecule has 25 heavy (non-hydrogen) atoms. The average Bonchev–Trinajstić information content (AvgIpc) is 3.02. The minimum Gasteiger partial charge on any atom is -0.370 e. The van der Waals surface area contributed by atoms with E-state index in [-0.39, 0.29) is 18.7 Å². The minimum atomic E-state index is -0.405. The molecule has 0 bridgehead atoms. The van der Waals surface area contributed by atoms with Gasteiger partial charge in [-0.05, 0) is 17.2 Å². The van der Waals surface area contributed by atoms with E-state index in [1.54, 1.807) is 4.90 Å². The number of nitrogens with zero attached hydrogens (tertiary/aromatic N) is 1. The third-order valence-electron chi connectivity index (χ3n) is 4.21. The molecule has 1 heterocycles. The third-order valence-corrected chi connectivity index (χ3v) is 4.21. The first kappa shape index (κ1) is 16.8. The minimum absolute atomic E-state index is 0.0187. The number of hydrogen-bond acceptors (Lipinski definition) is 2. The van der Waals surface area contributed by atoms with Crippen LogP contribution in [0.3, 0.4) is 0 Å². The number of benzene rings is 2. The van der Waals surface area contributed by atoms with Crippen LogP contribution in [-0.4, -0.2) is 28.2 Å².